The van der Waals surface area contributed by atoms with Gasteiger partial charge in [-0.1, -0.05) is 0 Å². The first kappa shape index (κ1) is 12.6. The Labute approximate surface area is 100.0 Å². The molecular formula is C8H15ClN2OS2. The van der Waals surface area contributed by atoms with E-state index in [1.54, 1.807) is 11.8 Å². The van der Waals surface area contributed by atoms with E-state index in [1.807, 2.05) is 0 Å². The van der Waals surface area contributed by atoms with Crippen molar-refractivity contribution in [3.63, 3.8) is 0 Å². The van der Waals surface area contributed by atoms with Gasteiger partial charge < -0.3 is 5.32 Å². The van der Waals surface area contributed by atoms with Crippen LogP contribution < -0.4 is 10.6 Å². The molecule has 2 fully saturated rings. The molecule has 14 heavy (non-hydrogen) atoms. The number of ketones is 1. The molecule has 2 N–H and O–H groups in total. The Bertz CT molecular complexity index is 212. The van der Waals surface area contributed by atoms with Crippen molar-refractivity contribution in [2.75, 3.05) is 18.8 Å². The molecule has 0 saturated carbocycles. The zero-order valence-corrected chi connectivity index (χ0v) is 10.3. The molecule has 0 bridgehead atoms. The van der Waals surface area contributed by atoms with Gasteiger partial charge in [0.05, 0.1) is 6.04 Å². The van der Waals surface area contributed by atoms with Gasteiger partial charge in [0.1, 0.15) is 5.37 Å². The summed E-state index contributed by atoms with van der Waals surface area (Å²) in [6.07, 6.45) is 0.997. The van der Waals surface area contributed by atoms with Gasteiger partial charge in [-0.2, -0.15) is 12.6 Å². The summed E-state index contributed by atoms with van der Waals surface area (Å²) >= 11 is 6.10. The van der Waals surface area contributed by atoms with Crippen molar-refractivity contribution in [3.8, 4) is 0 Å². The monoisotopic (exact) mass is 254 g/mol. The number of thioether (sulfide) groups is 1. The van der Waals surface area contributed by atoms with Crippen LogP contribution in [0.3, 0.4) is 0 Å². The molecule has 2 heterocycles. The van der Waals surface area contributed by atoms with Crippen LogP contribution in [0.1, 0.15) is 6.42 Å². The van der Waals surface area contributed by atoms with E-state index >= 15 is 0 Å². The van der Waals surface area contributed by atoms with E-state index in [2.05, 4.69) is 23.3 Å². The highest BCUT2D eigenvalue weighted by molar-refractivity contribution is 8.00. The summed E-state index contributed by atoms with van der Waals surface area (Å²) in [6, 6.07) is -0.0357. The molecular weight excluding hydrogens is 240 g/mol. The van der Waals surface area contributed by atoms with Crippen LogP contribution in [0.25, 0.3) is 0 Å². The zero-order chi connectivity index (χ0) is 9.26. The number of nitrogens with one attached hydrogen (secondary N) is 2. The first-order valence-corrected chi connectivity index (χ1v) is 6.16. The number of carbonyl (C=O) groups is 1. The van der Waals surface area contributed by atoms with E-state index in [0.29, 0.717) is 0 Å². The Balaban J connectivity index is 0.000000980. The van der Waals surface area contributed by atoms with Crippen LogP contribution in [0.5, 0.6) is 0 Å². The topological polar surface area (TPSA) is 41.1 Å². The lowest BCUT2D eigenvalue weighted by molar-refractivity contribution is -0.120. The Kier molecular flexibility index (Phi) is 5.06. The molecule has 2 saturated heterocycles. The lowest BCUT2D eigenvalue weighted by atomic mass is 10.1. The quantitative estimate of drug-likeness (QED) is 0.620. The average Bonchev–Trinajstić information content (AvgIpc) is 2.72. The third-order valence-corrected chi connectivity index (χ3v) is 4.20. The lowest BCUT2D eigenvalue weighted by Crippen LogP contribution is -2.45. The molecule has 0 aromatic heterocycles. The molecule has 0 radical (unpaired) electrons. The predicted octanol–water partition coefficient (Wildman–Crippen LogP) is 0.300. The Hall–Kier alpha value is 0.580. The minimum atomic E-state index is -0.0357. The highest BCUT2D eigenvalue weighted by Crippen LogP contribution is 2.21. The lowest BCUT2D eigenvalue weighted by Gasteiger charge is -2.17. The Morgan fingerprint density at radius 3 is 2.64 bits per heavy atom. The van der Waals surface area contributed by atoms with Crippen molar-refractivity contribution in [1.29, 1.82) is 0 Å². The second-order valence-corrected chi connectivity index (χ2v) is 5.27. The Morgan fingerprint density at radius 2 is 2.14 bits per heavy atom. The molecule has 3 atom stereocenters. The first-order chi connectivity index (χ1) is 6.29. The van der Waals surface area contributed by atoms with Crippen molar-refractivity contribution < 1.29 is 4.79 Å². The third-order valence-electron chi connectivity index (χ3n) is 2.47. The van der Waals surface area contributed by atoms with E-state index in [1.165, 1.54) is 0 Å². The van der Waals surface area contributed by atoms with Crippen molar-refractivity contribution in [1.82, 2.24) is 10.6 Å². The maximum absolute atomic E-state index is 11.9. The van der Waals surface area contributed by atoms with Gasteiger partial charge in [0, 0.05) is 17.5 Å². The predicted molar refractivity (Wildman–Crippen MR) is 65.7 cm³/mol. The van der Waals surface area contributed by atoms with Gasteiger partial charge in [-0.05, 0) is 13.0 Å². The molecule has 3 nitrogen and oxygen atoms in total. The summed E-state index contributed by atoms with van der Waals surface area (Å²) in [5.74, 6) is 1.32. The van der Waals surface area contributed by atoms with Crippen molar-refractivity contribution >= 4 is 42.6 Å². The highest BCUT2D eigenvalue weighted by Gasteiger charge is 2.35. The fraction of sp³-hybridized carbons (Fsp3) is 0.875. The number of rotatable bonds is 2. The molecule has 0 aromatic carbocycles. The van der Waals surface area contributed by atoms with Gasteiger partial charge in [0.2, 0.25) is 0 Å². The van der Waals surface area contributed by atoms with E-state index in [-0.39, 0.29) is 34.9 Å². The van der Waals surface area contributed by atoms with Crippen molar-refractivity contribution in [3.05, 3.63) is 0 Å². The summed E-state index contributed by atoms with van der Waals surface area (Å²) in [5.41, 5.74) is 0. The zero-order valence-electron chi connectivity index (χ0n) is 7.73. The fourth-order valence-corrected chi connectivity index (χ4v) is 3.15. The summed E-state index contributed by atoms with van der Waals surface area (Å²) < 4.78 is 0. The normalized spacial score (nSPS) is 36.8. The van der Waals surface area contributed by atoms with E-state index in [4.69, 9.17) is 0 Å². The van der Waals surface area contributed by atoms with E-state index < -0.39 is 0 Å². The molecule has 82 valence electrons. The highest BCUT2D eigenvalue weighted by atomic mass is 35.5. The van der Waals surface area contributed by atoms with Gasteiger partial charge in [-0.3, -0.25) is 10.1 Å². The molecule has 2 aliphatic rings. The largest absolute Gasteiger partial charge is 0.306 e. The molecule has 0 aliphatic carbocycles. The summed E-state index contributed by atoms with van der Waals surface area (Å²) in [7, 11) is 0. The van der Waals surface area contributed by atoms with Crippen LogP contribution in [0.4, 0.5) is 0 Å². The number of Topliss-reactive ketones (excluding diaryl/α,β-unsaturated/α-hetero) is 1. The van der Waals surface area contributed by atoms with E-state index in [0.717, 1.165) is 25.3 Å². The number of hydrogen-bond acceptors (Lipinski definition) is 5. The summed E-state index contributed by atoms with van der Waals surface area (Å²) in [4.78, 5) is 11.9. The second kappa shape index (κ2) is 5.61. The SMILES string of the molecule is Cl.O=C(C1NCCS1)[C@@H]1NCCC1S. The van der Waals surface area contributed by atoms with Crippen LogP contribution >= 0.6 is 36.8 Å². The van der Waals surface area contributed by atoms with Gasteiger partial charge >= 0.3 is 0 Å². The molecule has 6 heteroatoms. The maximum Gasteiger partial charge on any atom is 0.177 e. The van der Waals surface area contributed by atoms with E-state index in [9.17, 15) is 4.79 Å². The van der Waals surface area contributed by atoms with Crippen molar-refractivity contribution in [2.45, 2.75) is 23.1 Å². The number of hydrogen-bond donors (Lipinski definition) is 3. The van der Waals surface area contributed by atoms with Gasteiger partial charge in [-0.15, -0.1) is 24.2 Å². The molecule has 0 aromatic rings. The number of halogens is 1. The fourth-order valence-electron chi connectivity index (χ4n) is 1.75. The molecule has 2 aliphatic heterocycles. The maximum atomic E-state index is 11.9. The summed E-state index contributed by atoms with van der Waals surface area (Å²) in [6.45, 7) is 1.87. The molecule has 2 unspecified atom stereocenters. The molecule has 0 spiro atoms. The van der Waals surface area contributed by atoms with Crippen LogP contribution in [-0.4, -0.2) is 41.3 Å². The smallest absolute Gasteiger partial charge is 0.177 e. The number of carbonyl (C=O) groups excluding carboxylic acids is 1. The standard InChI is InChI=1S/C8H14N2OS2.ClH/c11-7(8-10-3-4-13-8)6-5(12)1-2-9-6;/h5-6,8-10,12H,1-4H2;1H/t5?,6-,8?;/m1./s1. The Morgan fingerprint density at radius 1 is 1.36 bits per heavy atom. The van der Waals surface area contributed by atoms with Gasteiger partial charge in [-0.25, -0.2) is 0 Å². The van der Waals surface area contributed by atoms with Crippen molar-refractivity contribution in [2.24, 2.45) is 0 Å². The second-order valence-electron chi connectivity index (χ2n) is 3.40. The average molecular weight is 255 g/mol. The first-order valence-electron chi connectivity index (χ1n) is 4.59. The van der Waals surface area contributed by atoms with Crippen LogP contribution in [0.15, 0.2) is 0 Å². The molecule has 2 rings (SSSR count). The van der Waals surface area contributed by atoms with Crippen LogP contribution in [-0.2, 0) is 4.79 Å². The van der Waals surface area contributed by atoms with Crippen LogP contribution in [0.2, 0.25) is 0 Å². The van der Waals surface area contributed by atoms with Crippen LogP contribution in [0, 0.1) is 0 Å². The minimum Gasteiger partial charge on any atom is -0.306 e. The number of thiol groups is 1. The van der Waals surface area contributed by atoms with Gasteiger partial charge in [0.15, 0.2) is 5.78 Å². The molecule has 0 amide bonds. The third kappa shape index (κ3) is 2.58. The van der Waals surface area contributed by atoms with Gasteiger partial charge in [0.25, 0.3) is 0 Å². The summed E-state index contributed by atoms with van der Waals surface area (Å²) in [5, 5.41) is 6.61. The minimum absolute atomic E-state index is 0.